The van der Waals surface area contributed by atoms with E-state index in [1.54, 1.807) is 32.2 Å². The van der Waals surface area contributed by atoms with Gasteiger partial charge in [-0.2, -0.15) is 0 Å². The van der Waals surface area contributed by atoms with E-state index in [9.17, 15) is 4.79 Å². The van der Waals surface area contributed by atoms with Crippen LogP contribution in [0, 0.1) is 6.92 Å². The lowest BCUT2D eigenvalue weighted by Gasteiger charge is -2.07. The first-order valence-electron chi connectivity index (χ1n) is 5.58. The van der Waals surface area contributed by atoms with Gasteiger partial charge >= 0.3 is 5.97 Å². The number of carboxylic acids is 1. The lowest BCUT2D eigenvalue weighted by atomic mass is 10.1. The summed E-state index contributed by atoms with van der Waals surface area (Å²) in [4.78, 5) is 15.2. The molecule has 0 atom stereocenters. The minimum Gasteiger partial charge on any atom is -0.495 e. The first-order valence-corrected chi connectivity index (χ1v) is 5.95. The minimum atomic E-state index is -0.982. The Morgan fingerprint density at radius 1 is 1.32 bits per heavy atom. The van der Waals surface area contributed by atoms with Crippen LogP contribution in [0.1, 0.15) is 16.1 Å². The number of aryl methyl sites for hydroxylation is 1. The molecule has 98 valence electrons. The van der Waals surface area contributed by atoms with Crippen LogP contribution in [0.2, 0.25) is 5.02 Å². The molecule has 2 aromatic rings. The second kappa shape index (κ2) is 5.28. The molecule has 0 aliphatic carbocycles. The summed E-state index contributed by atoms with van der Waals surface area (Å²) in [6.45, 7) is 1.66. The number of rotatable bonds is 3. The molecule has 0 bridgehead atoms. The Morgan fingerprint density at radius 3 is 2.58 bits per heavy atom. The molecule has 0 aliphatic rings. The number of halogens is 1. The Balaban J connectivity index is 2.45. The Labute approximate surface area is 115 Å². The second-order valence-electron chi connectivity index (χ2n) is 3.98. The molecular weight excluding hydrogens is 266 g/mol. The Kier molecular flexibility index (Phi) is 3.71. The number of aromatic carboxylic acids is 1. The van der Waals surface area contributed by atoms with E-state index < -0.39 is 5.97 Å². The van der Waals surface area contributed by atoms with Gasteiger partial charge in [0.2, 0.25) is 0 Å². The first-order chi connectivity index (χ1) is 9.02. The van der Waals surface area contributed by atoms with Crippen molar-refractivity contribution < 1.29 is 14.6 Å². The average Bonchev–Trinajstić information content (AvgIpc) is 2.38. The normalized spacial score (nSPS) is 10.3. The number of carboxylic acid groups (broad SMARTS) is 1. The van der Waals surface area contributed by atoms with E-state index in [4.69, 9.17) is 21.4 Å². The van der Waals surface area contributed by atoms with Gasteiger partial charge in [-0.15, -0.1) is 0 Å². The van der Waals surface area contributed by atoms with Gasteiger partial charge in [-0.05, 0) is 37.3 Å². The molecule has 0 saturated heterocycles. The predicted molar refractivity (Wildman–Crippen MR) is 72.9 cm³/mol. The van der Waals surface area contributed by atoms with Crippen molar-refractivity contribution >= 4 is 17.6 Å². The molecular formula is C14H12ClNO3. The molecule has 0 saturated carbocycles. The molecule has 1 N–H and O–H groups in total. The van der Waals surface area contributed by atoms with Crippen LogP contribution in [0.25, 0.3) is 11.3 Å². The van der Waals surface area contributed by atoms with E-state index in [0.717, 1.165) is 5.56 Å². The quantitative estimate of drug-likeness (QED) is 0.934. The van der Waals surface area contributed by atoms with E-state index in [-0.39, 0.29) is 5.56 Å². The van der Waals surface area contributed by atoms with Crippen molar-refractivity contribution in [2.45, 2.75) is 6.92 Å². The van der Waals surface area contributed by atoms with Gasteiger partial charge in [0.1, 0.15) is 5.75 Å². The van der Waals surface area contributed by atoms with Gasteiger partial charge in [0, 0.05) is 5.56 Å². The van der Waals surface area contributed by atoms with Crippen molar-refractivity contribution in [3.63, 3.8) is 0 Å². The number of ether oxygens (including phenoxy) is 1. The highest BCUT2D eigenvalue weighted by Gasteiger charge is 2.10. The molecule has 0 unspecified atom stereocenters. The highest BCUT2D eigenvalue weighted by molar-refractivity contribution is 6.32. The van der Waals surface area contributed by atoms with Crippen LogP contribution in [-0.2, 0) is 0 Å². The molecule has 1 aromatic heterocycles. The summed E-state index contributed by atoms with van der Waals surface area (Å²) in [6.07, 6.45) is 0. The number of hydrogen-bond acceptors (Lipinski definition) is 3. The van der Waals surface area contributed by atoms with E-state index in [1.807, 2.05) is 6.07 Å². The zero-order valence-electron chi connectivity index (χ0n) is 10.5. The van der Waals surface area contributed by atoms with E-state index in [2.05, 4.69) is 4.98 Å². The van der Waals surface area contributed by atoms with Crippen LogP contribution in [0.3, 0.4) is 0 Å². The maximum Gasteiger partial charge on any atom is 0.337 e. The van der Waals surface area contributed by atoms with Gasteiger partial charge in [-0.3, -0.25) is 4.98 Å². The second-order valence-corrected chi connectivity index (χ2v) is 4.39. The van der Waals surface area contributed by atoms with Crippen LogP contribution in [-0.4, -0.2) is 23.2 Å². The summed E-state index contributed by atoms with van der Waals surface area (Å²) >= 11 is 6.05. The first kappa shape index (κ1) is 13.4. The highest BCUT2D eigenvalue weighted by atomic mass is 35.5. The number of hydrogen-bond donors (Lipinski definition) is 1. The van der Waals surface area contributed by atoms with Gasteiger partial charge in [-0.1, -0.05) is 11.6 Å². The fourth-order valence-corrected chi connectivity index (χ4v) is 2.03. The zero-order chi connectivity index (χ0) is 14.0. The largest absolute Gasteiger partial charge is 0.495 e. The third-order valence-corrected chi connectivity index (χ3v) is 3.06. The number of pyridine rings is 1. The lowest BCUT2D eigenvalue weighted by molar-refractivity contribution is 0.0695. The van der Waals surface area contributed by atoms with Crippen LogP contribution in [0.4, 0.5) is 0 Å². The van der Waals surface area contributed by atoms with E-state index in [0.29, 0.717) is 22.2 Å². The number of carbonyl (C=O) groups is 1. The smallest absolute Gasteiger partial charge is 0.337 e. The molecule has 19 heavy (non-hydrogen) atoms. The summed E-state index contributed by atoms with van der Waals surface area (Å²) < 4.78 is 5.08. The summed E-state index contributed by atoms with van der Waals surface area (Å²) in [5.41, 5.74) is 2.15. The van der Waals surface area contributed by atoms with E-state index >= 15 is 0 Å². The van der Waals surface area contributed by atoms with Crippen molar-refractivity contribution in [1.29, 1.82) is 0 Å². The summed E-state index contributed by atoms with van der Waals surface area (Å²) in [5, 5.41) is 9.45. The van der Waals surface area contributed by atoms with E-state index in [1.165, 1.54) is 6.07 Å². The van der Waals surface area contributed by atoms with Crippen molar-refractivity contribution in [2.24, 2.45) is 0 Å². The molecule has 0 radical (unpaired) electrons. The molecule has 4 nitrogen and oxygen atoms in total. The van der Waals surface area contributed by atoms with Crippen molar-refractivity contribution in [3.8, 4) is 17.0 Å². The lowest BCUT2D eigenvalue weighted by Crippen LogP contribution is -2.02. The Morgan fingerprint density at radius 2 is 2.05 bits per heavy atom. The summed E-state index contributed by atoms with van der Waals surface area (Å²) in [6, 6.07) is 8.52. The standard InChI is InChI=1S/C14H12ClNO3/c1-8-10(14(17)18)4-5-12(16-8)9-3-6-13(19-2)11(15)7-9/h3-7H,1-2H3,(H,17,18). The zero-order valence-corrected chi connectivity index (χ0v) is 11.2. The maximum absolute atomic E-state index is 10.9. The summed E-state index contributed by atoms with van der Waals surface area (Å²) in [7, 11) is 1.55. The molecule has 0 amide bonds. The molecule has 5 heteroatoms. The van der Waals surface area contributed by atoms with Gasteiger partial charge in [0.05, 0.1) is 29.1 Å². The molecule has 0 aliphatic heterocycles. The fourth-order valence-electron chi connectivity index (χ4n) is 1.77. The van der Waals surface area contributed by atoms with Crippen molar-refractivity contribution in [2.75, 3.05) is 7.11 Å². The topological polar surface area (TPSA) is 59.4 Å². The Hall–Kier alpha value is -2.07. The van der Waals surface area contributed by atoms with Crippen molar-refractivity contribution in [3.05, 3.63) is 46.6 Å². The predicted octanol–water partition coefficient (Wildman–Crippen LogP) is 3.42. The molecule has 0 fully saturated rings. The number of nitrogens with zero attached hydrogens (tertiary/aromatic N) is 1. The SMILES string of the molecule is COc1ccc(-c2ccc(C(=O)O)c(C)n2)cc1Cl. The van der Waals surface area contributed by atoms with Crippen molar-refractivity contribution in [1.82, 2.24) is 4.98 Å². The van der Waals surface area contributed by atoms with Crippen LogP contribution < -0.4 is 4.74 Å². The molecule has 1 heterocycles. The van der Waals surface area contributed by atoms with Crippen LogP contribution in [0.5, 0.6) is 5.75 Å². The summed E-state index contributed by atoms with van der Waals surface area (Å²) in [5.74, 6) is -0.395. The van der Waals surface area contributed by atoms with Gasteiger partial charge in [-0.25, -0.2) is 4.79 Å². The molecule has 0 spiro atoms. The van der Waals surface area contributed by atoms with Crippen LogP contribution >= 0.6 is 11.6 Å². The fraction of sp³-hybridized carbons (Fsp3) is 0.143. The third-order valence-electron chi connectivity index (χ3n) is 2.76. The monoisotopic (exact) mass is 277 g/mol. The van der Waals surface area contributed by atoms with Gasteiger partial charge in [0.25, 0.3) is 0 Å². The number of methoxy groups -OCH3 is 1. The van der Waals surface area contributed by atoms with Gasteiger partial charge in [0.15, 0.2) is 0 Å². The maximum atomic E-state index is 10.9. The minimum absolute atomic E-state index is 0.198. The number of benzene rings is 1. The number of aromatic nitrogens is 1. The highest BCUT2D eigenvalue weighted by Crippen LogP contribution is 2.29. The Bertz CT molecular complexity index is 641. The van der Waals surface area contributed by atoms with Crippen LogP contribution in [0.15, 0.2) is 30.3 Å². The average molecular weight is 278 g/mol. The van der Waals surface area contributed by atoms with Gasteiger partial charge < -0.3 is 9.84 Å². The third kappa shape index (κ3) is 2.69. The molecule has 2 rings (SSSR count). The molecule has 1 aromatic carbocycles.